The fourth-order valence-corrected chi connectivity index (χ4v) is 1.62. The molecule has 0 fully saturated rings. The van der Waals surface area contributed by atoms with Gasteiger partial charge < -0.3 is 9.47 Å². The second-order valence-corrected chi connectivity index (χ2v) is 5.03. The van der Waals surface area contributed by atoms with Gasteiger partial charge in [-0.1, -0.05) is 26.0 Å². The highest BCUT2D eigenvalue weighted by Gasteiger charge is 2.16. The maximum atomic E-state index is 6.03. The third-order valence-electron chi connectivity index (χ3n) is 3.29. The van der Waals surface area contributed by atoms with Gasteiger partial charge in [-0.15, -0.1) is 0 Å². The van der Waals surface area contributed by atoms with Crippen LogP contribution in [0, 0.1) is 13.8 Å². The van der Waals surface area contributed by atoms with E-state index < -0.39 is 0 Å². The molecule has 0 radical (unpaired) electrons. The lowest BCUT2D eigenvalue weighted by molar-refractivity contribution is 0.175. The van der Waals surface area contributed by atoms with Gasteiger partial charge in [-0.2, -0.15) is 0 Å². The summed E-state index contributed by atoms with van der Waals surface area (Å²) in [7, 11) is 0. The van der Waals surface area contributed by atoms with E-state index >= 15 is 0 Å². The van der Waals surface area contributed by atoms with Crippen molar-refractivity contribution >= 4 is 0 Å². The molecule has 0 saturated carbocycles. The third kappa shape index (κ3) is 3.66. The Labute approximate surface area is 111 Å². The van der Waals surface area contributed by atoms with E-state index in [9.17, 15) is 0 Å². The van der Waals surface area contributed by atoms with Gasteiger partial charge in [0.2, 0.25) is 0 Å². The maximum Gasteiger partial charge on any atom is 0.164 e. The molecule has 0 aliphatic carbocycles. The van der Waals surface area contributed by atoms with Crippen molar-refractivity contribution in [1.82, 2.24) is 0 Å². The Hall–Kier alpha value is -1.18. The van der Waals surface area contributed by atoms with E-state index in [2.05, 4.69) is 53.7 Å². The van der Waals surface area contributed by atoms with Crippen LogP contribution >= 0.6 is 0 Å². The summed E-state index contributed by atoms with van der Waals surface area (Å²) in [5.74, 6) is 1.81. The summed E-state index contributed by atoms with van der Waals surface area (Å²) < 4.78 is 12.1. The molecule has 0 saturated heterocycles. The fraction of sp³-hybridized carbons (Fsp3) is 0.625. The summed E-state index contributed by atoms with van der Waals surface area (Å²) in [5.41, 5.74) is 2.28. The van der Waals surface area contributed by atoms with Crippen LogP contribution in [0.3, 0.4) is 0 Å². The summed E-state index contributed by atoms with van der Waals surface area (Å²) in [6.45, 7) is 12.6. The van der Waals surface area contributed by atoms with Gasteiger partial charge in [0.1, 0.15) is 0 Å². The first-order valence-corrected chi connectivity index (χ1v) is 6.93. The van der Waals surface area contributed by atoms with Crippen LogP contribution in [0.4, 0.5) is 0 Å². The van der Waals surface area contributed by atoms with Gasteiger partial charge in [-0.25, -0.2) is 0 Å². The molecule has 0 spiro atoms. The Morgan fingerprint density at radius 2 is 1.17 bits per heavy atom. The highest BCUT2D eigenvalue weighted by molar-refractivity contribution is 5.51. The SMILES string of the molecule is CCC(C)Oc1c(C)ccc(C)c1OC(C)CC. The standard InChI is InChI=1S/C16H26O2/c1-7-13(5)17-15-11(3)9-10-12(4)16(15)18-14(6)8-2/h9-10,13-14H,7-8H2,1-6H3. The molecule has 0 bridgehead atoms. The number of rotatable bonds is 6. The van der Waals surface area contributed by atoms with Crippen LogP contribution in [0.25, 0.3) is 0 Å². The van der Waals surface area contributed by atoms with Crippen LogP contribution in [0.15, 0.2) is 12.1 Å². The molecule has 1 aromatic rings. The molecular weight excluding hydrogens is 224 g/mol. The predicted octanol–water partition coefficient (Wildman–Crippen LogP) is 4.66. The minimum atomic E-state index is 0.213. The van der Waals surface area contributed by atoms with Crippen LogP contribution in [0.2, 0.25) is 0 Å². The van der Waals surface area contributed by atoms with Crippen LogP contribution in [-0.4, -0.2) is 12.2 Å². The molecule has 2 nitrogen and oxygen atoms in total. The Bertz CT molecular complexity index is 348. The first kappa shape index (κ1) is 14.9. The van der Waals surface area contributed by atoms with E-state index in [1.807, 2.05) is 0 Å². The van der Waals surface area contributed by atoms with Gasteiger partial charge in [0.05, 0.1) is 12.2 Å². The number of hydrogen-bond donors (Lipinski definition) is 0. The number of aryl methyl sites for hydroxylation is 2. The lowest BCUT2D eigenvalue weighted by Crippen LogP contribution is -2.15. The summed E-state index contributed by atoms with van der Waals surface area (Å²) in [5, 5.41) is 0. The molecule has 0 aromatic heterocycles. The molecule has 0 aliphatic heterocycles. The van der Waals surface area contributed by atoms with E-state index in [0.29, 0.717) is 0 Å². The summed E-state index contributed by atoms with van der Waals surface area (Å²) in [6, 6.07) is 4.19. The second-order valence-electron chi connectivity index (χ2n) is 5.03. The Kier molecular flexibility index (Phi) is 5.52. The van der Waals surface area contributed by atoms with Gasteiger partial charge in [-0.05, 0) is 51.7 Å². The minimum Gasteiger partial charge on any atom is -0.487 e. The lowest BCUT2D eigenvalue weighted by Gasteiger charge is -2.22. The van der Waals surface area contributed by atoms with Gasteiger partial charge >= 0.3 is 0 Å². The predicted molar refractivity (Wildman–Crippen MR) is 76.7 cm³/mol. The van der Waals surface area contributed by atoms with Crippen molar-refractivity contribution in [2.75, 3.05) is 0 Å². The molecule has 2 unspecified atom stereocenters. The first-order valence-electron chi connectivity index (χ1n) is 6.93. The van der Waals surface area contributed by atoms with Gasteiger partial charge in [0.25, 0.3) is 0 Å². The van der Waals surface area contributed by atoms with E-state index in [1.165, 1.54) is 0 Å². The molecule has 18 heavy (non-hydrogen) atoms. The largest absolute Gasteiger partial charge is 0.487 e. The van der Waals surface area contributed by atoms with Crippen LogP contribution < -0.4 is 9.47 Å². The van der Waals surface area contributed by atoms with E-state index in [1.54, 1.807) is 0 Å². The maximum absolute atomic E-state index is 6.03. The average Bonchev–Trinajstić information content (AvgIpc) is 2.37. The Morgan fingerprint density at radius 1 is 0.833 bits per heavy atom. The van der Waals surface area contributed by atoms with Crippen molar-refractivity contribution in [2.24, 2.45) is 0 Å². The van der Waals surface area contributed by atoms with Crippen molar-refractivity contribution in [3.8, 4) is 11.5 Å². The van der Waals surface area contributed by atoms with Gasteiger partial charge in [0.15, 0.2) is 11.5 Å². The van der Waals surface area contributed by atoms with Crippen molar-refractivity contribution < 1.29 is 9.47 Å². The van der Waals surface area contributed by atoms with Crippen LogP contribution in [0.5, 0.6) is 11.5 Å². The fourth-order valence-electron chi connectivity index (χ4n) is 1.62. The quantitative estimate of drug-likeness (QED) is 0.731. The smallest absolute Gasteiger partial charge is 0.164 e. The zero-order valence-corrected chi connectivity index (χ0v) is 12.5. The van der Waals surface area contributed by atoms with E-state index in [4.69, 9.17) is 9.47 Å². The molecule has 0 N–H and O–H groups in total. The van der Waals surface area contributed by atoms with Crippen LogP contribution in [0.1, 0.15) is 51.7 Å². The van der Waals surface area contributed by atoms with Crippen molar-refractivity contribution in [3.05, 3.63) is 23.3 Å². The number of hydrogen-bond acceptors (Lipinski definition) is 2. The molecule has 0 amide bonds. The number of benzene rings is 1. The monoisotopic (exact) mass is 250 g/mol. The molecule has 2 atom stereocenters. The average molecular weight is 250 g/mol. The second kappa shape index (κ2) is 6.67. The molecule has 1 aromatic carbocycles. The summed E-state index contributed by atoms with van der Waals surface area (Å²) in [4.78, 5) is 0. The topological polar surface area (TPSA) is 18.5 Å². The molecule has 0 heterocycles. The van der Waals surface area contributed by atoms with E-state index in [-0.39, 0.29) is 12.2 Å². The van der Waals surface area contributed by atoms with Crippen molar-refractivity contribution in [3.63, 3.8) is 0 Å². The molecular formula is C16H26O2. The Morgan fingerprint density at radius 3 is 1.44 bits per heavy atom. The molecule has 0 aliphatic rings. The first-order chi connectivity index (χ1) is 8.49. The highest BCUT2D eigenvalue weighted by Crippen LogP contribution is 2.36. The zero-order chi connectivity index (χ0) is 13.7. The molecule has 2 heteroatoms. The van der Waals surface area contributed by atoms with Crippen LogP contribution in [-0.2, 0) is 0 Å². The van der Waals surface area contributed by atoms with E-state index in [0.717, 1.165) is 35.5 Å². The Balaban J connectivity index is 3.08. The summed E-state index contributed by atoms with van der Waals surface area (Å²) >= 11 is 0. The zero-order valence-electron chi connectivity index (χ0n) is 12.5. The minimum absolute atomic E-state index is 0.213. The third-order valence-corrected chi connectivity index (χ3v) is 3.29. The van der Waals surface area contributed by atoms with Gasteiger partial charge in [-0.3, -0.25) is 0 Å². The molecule has 102 valence electrons. The van der Waals surface area contributed by atoms with Crippen molar-refractivity contribution in [2.45, 2.75) is 66.6 Å². The normalized spacial score (nSPS) is 14.1. The highest BCUT2D eigenvalue weighted by atomic mass is 16.5. The number of ether oxygens (including phenoxy) is 2. The lowest BCUT2D eigenvalue weighted by atomic mass is 10.1. The van der Waals surface area contributed by atoms with Crippen molar-refractivity contribution in [1.29, 1.82) is 0 Å². The summed E-state index contributed by atoms with van der Waals surface area (Å²) in [6.07, 6.45) is 2.42. The van der Waals surface area contributed by atoms with Gasteiger partial charge in [0, 0.05) is 0 Å². The molecule has 1 rings (SSSR count).